The molecule has 0 radical (unpaired) electrons. The lowest BCUT2D eigenvalue weighted by Crippen LogP contribution is -2.45. The fraction of sp³-hybridized carbons (Fsp3) is 0.700. The van der Waals surface area contributed by atoms with Crippen molar-refractivity contribution in [3.63, 3.8) is 0 Å². The summed E-state index contributed by atoms with van der Waals surface area (Å²) in [5, 5.41) is 6.83. The highest BCUT2D eigenvalue weighted by Crippen LogP contribution is 2.09. The lowest BCUT2D eigenvalue weighted by molar-refractivity contribution is 0.254. The van der Waals surface area contributed by atoms with Crippen LogP contribution in [0.4, 0.5) is 5.82 Å². The van der Waals surface area contributed by atoms with E-state index in [2.05, 4.69) is 20.1 Å². The van der Waals surface area contributed by atoms with E-state index >= 15 is 0 Å². The number of anilines is 1. The number of hydrogen-bond donors (Lipinski definition) is 2. The van der Waals surface area contributed by atoms with Crippen molar-refractivity contribution in [2.45, 2.75) is 6.92 Å². The van der Waals surface area contributed by atoms with Gasteiger partial charge in [0.1, 0.15) is 5.76 Å². The Bertz CT molecular complexity index is 479. The summed E-state index contributed by atoms with van der Waals surface area (Å²) in [6.45, 7) is 5.85. The van der Waals surface area contributed by atoms with Gasteiger partial charge in [0.05, 0.1) is 5.75 Å². The minimum absolute atomic E-state index is 0.0684. The molecule has 1 fully saturated rings. The van der Waals surface area contributed by atoms with Gasteiger partial charge in [0, 0.05) is 38.8 Å². The zero-order valence-electron chi connectivity index (χ0n) is 10.3. The van der Waals surface area contributed by atoms with E-state index in [1.54, 1.807) is 13.0 Å². The number of aromatic nitrogens is 1. The van der Waals surface area contributed by atoms with Gasteiger partial charge >= 0.3 is 0 Å². The van der Waals surface area contributed by atoms with Crippen LogP contribution in [0, 0.1) is 6.92 Å². The molecule has 18 heavy (non-hydrogen) atoms. The summed E-state index contributed by atoms with van der Waals surface area (Å²) in [6, 6.07) is 1.56. The zero-order valence-corrected chi connectivity index (χ0v) is 11.2. The summed E-state index contributed by atoms with van der Waals surface area (Å²) in [5.74, 6) is 0.890. The highest BCUT2D eigenvalue weighted by atomic mass is 32.2. The van der Waals surface area contributed by atoms with E-state index in [1.807, 2.05) is 0 Å². The molecule has 0 atom stereocenters. The van der Waals surface area contributed by atoms with Gasteiger partial charge in [-0.15, -0.1) is 0 Å². The quantitative estimate of drug-likeness (QED) is 0.762. The Morgan fingerprint density at radius 2 is 2.22 bits per heavy atom. The van der Waals surface area contributed by atoms with E-state index in [0.29, 0.717) is 12.3 Å². The highest BCUT2D eigenvalue weighted by molar-refractivity contribution is 7.92. The SMILES string of the molecule is Cc1cc(NS(=O)(=O)CCN2CCNCC2)no1. The molecule has 7 nitrogen and oxygen atoms in total. The predicted molar refractivity (Wildman–Crippen MR) is 68.0 cm³/mol. The first-order valence-corrected chi connectivity index (χ1v) is 7.57. The van der Waals surface area contributed by atoms with Crippen molar-refractivity contribution in [3.05, 3.63) is 11.8 Å². The molecule has 2 heterocycles. The van der Waals surface area contributed by atoms with E-state index in [4.69, 9.17) is 4.52 Å². The van der Waals surface area contributed by atoms with Gasteiger partial charge in [-0.25, -0.2) is 8.42 Å². The van der Waals surface area contributed by atoms with Crippen molar-refractivity contribution in [2.75, 3.05) is 43.2 Å². The van der Waals surface area contributed by atoms with Gasteiger partial charge < -0.3 is 9.84 Å². The first-order valence-electron chi connectivity index (χ1n) is 5.92. The Kier molecular flexibility index (Phi) is 4.20. The standard InChI is InChI=1S/C10H18N4O3S/c1-9-8-10(12-17-9)13-18(15,16)7-6-14-4-2-11-3-5-14/h8,11H,2-7H2,1H3,(H,12,13). The fourth-order valence-electron chi connectivity index (χ4n) is 1.81. The normalized spacial score (nSPS) is 17.8. The Morgan fingerprint density at radius 3 is 2.83 bits per heavy atom. The average molecular weight is 274 g/mol. The molecule has 0 amide bonds. The van der Waals surface area contributed by atoms with Gasteiger partial charge in [0.25, 0.3) is 0 Å². The summed E-state index contributed by atoms with van der Waals surface area (Å²) in [7, 11) is -3.36. The second-order valence-corrected chi connectivity index (χ2v) is 6.18. The van der Waals surface area contributed by atoms with E-state index in [1.165, 1.54) is 0 Å². The largest absolute Gasteiger partial charge is 0.360 e. The summed E-state index contributed by atoms with van der Waals surface area (Å²) >= 11 is 0. The number of rotatable bonds is 5. The molecule has 8 heteroatoms. The molecule has 0 spiro atoms. The van der Waals surface area contributed by atoms with Crippen molar-refractivity contribution < 1.29 is 12.9 Å². The molecule has 0 aliphatic carbocycles. The number of nitrogens with zero attached hydrogens (tertiary/aromatic N) is 2. The third-order valence-corrected chi connectivity index (χ3v) is 4.01. The summed E-state index contributed by atoms with van der Waals surface area (Å²) < 4.78 is 30.8. The van der Waals surface area contributed by atoms with Crippen LogP contribution in [0.3, 0.4) is 0 Å². The maximum absolute atomic E-state index is 11.8. The topological polar surface area (TPSA) is 87.5 Å². The smallest absolute Gasteiger partial charge is 0.235 e. The zero-order chi connectivity index (χ0) is 13.0. The fourth-order valence-corrected chi connectivity index (χ4v) is 2.82. The predicted octanol–water partition coefficient (Wildman–Crippen LogP) is -0.370. The molecule has 1 aliphatic heterocycles. The molecule has 0 saturated carbocycles. The number of aryl methyl sites for hydroxylation is 1. The van der Waals surface area contributed by atoms with Gasteiger partial charge in [-0.2, -0.15) is 0 Å². The number of hydrogen-bond acceptors (Lipinski definition) is 6. The number of sulfonamides is 1. The first kappa shape index (κ1) is 13.3. The van der Waals surface area contributed by atoms with Crippen molar-refractivity contribution in [2.24, 2.45) is 0 Å². The van der Waals surface area contributed by atoms with E-state index in [0.717, 1.165) is 26.2 Å². The Balaban J connectivity index is 1.83. The Labute approximate surface area is 107 Å². The molecular formula is C10H18N4O3S. The monoisotopic (exact) mass is 274 g/mol. The van der Waals surface area contributed by atoms with Crippen molar-refractivity contribution >= 4 is 15.8 Å². The molecule has 0 unspecified atom stereocenters. The summed E-state index contributed by atoms with van der Waals surface area (Å²) in [4.78, 5) is 2.13. The first-order chi connectivity index (χ1) is 8.55. The molecule has 1 aromatic rings. The Morgan fingerprint density at radius 1 is 1.50 bits per heavy atom. The second-order valence-electron chi connectivity index (χ2n) is 4.34. The molecule has 102 valence electrons. The van der Waals surface area contributed by atoms with Crippen LogP contribution in [-0.4, -0.2) is 57.0 Å². The third-order valence-electron chi connectivity index (χ3n) is 2.77. The number of nitrogens with one attached hydrogen (secondary N) is 2. The lowest BCUT2D eigenvalue weighted by Gasteiger charge is -2.26. The van der Waals surface area contributed by atoms with Crippen LogP contribution < -0.4 is 10.0 Å². The van der Waals surface area contributed by atoms with Gasteiger partial charge in [-0.1, -0.05) is 5.16 Å². The average Bonchev–Trinajstić information content (AvgIpc) is 2.73. The lowest BCUT2D eigenvalue weighted by atomic mass is 10.4. The maximum Gasteiger partial charge on any atom is 0.235 e. The van der Waals surface area contributed by atoms with Gasteiger partial charge in [-0.05, 0) is 6.92 Å². The van der Waals surface area contributed by atoms with Crippen LogP contribution >= 0.6 is 0 Å². The molecule has 0 aromatic carbocycles. The van der Waals surface area contributed by atoms with Gasteiger partial charge in [0.15, 0.2) is 5.82 Å². The second kappa shape index (κ2) is 5.68. The summed E-state index contributed by atoms with van der Waals surface area (Å²) in [6.07, 6.45) is 0. The van der Waals surface area contributed by atoms with Crippen LogP contribution in [0.5, 0.6) is 0 Å². The van der Waals surface area contributed by atoms with E-state index in [9.17, 15) is 8.42 Å². The van der Waals surface area contributed by atoms with Crippen molar-refractivity contribution in [1.29, 1.82) is 0 Å². The van der Waals surface area contributed by atoms with Crippen LogP contribution in [-0.2, 0) is 10.0 Å². The van der Waals surface area contributed by atoms with Crippen molar-refractivity contribution in [1.82, 2.24) is 15.4 Å². The van der Waals surface area contributed by atoms with Crippen LogP contribution in [0.1, 0.15) is 5.76 Å². The third kappa shape index (κ3) is 3.97. The minimum atomic E-state index is -3.36. The van der Waals surface area contributed by atoms with E-state index in [-0.39, 0.29) is 11.6 Å². The summed E-state index contributed by atoms with van der Waals surface area (Å²) in [5.41, 5.74) is 0. The number of piperazine rings is 1. The van der Waals surface area contributed by atoms with E-state index < -0.39 is 10.0 Å². The molecule has 1 saturated heterocycles. The highest BCUT2D eigenvalue weighted by Gasteiger charge is 2.16. The van der Waals surface area contributed by atoms with Crippen LogP contribution in [0.15, 0.2) is 10.6 Å². The van der Waals surface area contributed by atoms with Crippen LogP contribution in [0.25, 0.3) is 0 Å². The molecule has 2 N–H and O–H groups in total. The van der Waals surface area contributed by atoms with Gasteiger partial charge in [-0.3, -0.25) is 9.62 Å². The molecular weight excluding hydrogens is 256 g/mol. The maximum atomic E-state index is 11.8. The van der Waals surface area contributed by atoms with Crippen molar-refractivity contribution in [3.8, 4) is 0 Å². The van der Waals surface area contributed by atoms with Crippen LogP contribution in [0.2, 0.25) is 0 Å². The molecule has 2 rings (SSSR count). The molecule has 0 bridgehead atoms. The Hall–Kier alpha value is -1.12. The molecule has 1 aromatic heterocycles. The van der Waals surface area contributed by atoms with Gasteiger partial charge in [0.2, 0.25) is 10.0 Å². The minimum Gasteiger partial charge on any atom is -0.360 e. The molecule has 1 aliphatic rings.